The van der Waals surface area contributed by atoms with Crippen molar-refractivity contribution < 1.29 is 0 Å². The van der Waals surface area contributed by atoms with Crippen molar-refractivity contribution in [2.75, 3.05) is 0 Å². The zero-order valence-electron chi connectivity index (χ0n) is 7.78. The van der Waals surface area contributed by atoms with Crippen molar-refractivity contribution in [2.24, 2.45) is 5.41 Å². The summed E-state index contributed by atoms with van der Waals surface area (Å²) < 4.78 is 0. The summed E-state index contributed by atoms with van der Waals surface area (Å²) >= 11 is 0. The number of hydrogen-bond acceptors (Lipinski definition) is 0. The Hall–Kier alpha value is -0.260. The molecule has 60 valence electrons. The van der Waals surface area contributed by atoms with Gasteiger partial charge in [0.2, 0.25) is 0 Å². The normalized spacial score (nSPS) is 17.6. The van der Waals surface area contributed by atoms with Crippen LogP contribution in [0.5, 0.6) is 0 Å². The Morgan fingerprint density at radius 2 is 1.90 bits per heavy atom. The molecule has 0 nitrogen and oxygen atoms in total. The summed E-state index contributed by atoms with van der Waals surface area (Å²) in [6, 6.07) is 0. The van der Waals surface area contributed by atoms with Crippen molar-refractivity contribution >= 4 is 0 Å². The van der Waals surface area contributed by atoms with Crippen LogP contribution in [0.3, 0.4) is 0 Å². The van der Waals surface area contributed by atoms with Crippen LogP contribution in [0.4, 0.5) is 0 Å². The van der Waals surface area contributed by atoms with Crippen molar-refractivity contribution in [3.8, 4) is 0 Å². The third-order valence-corrected chi connectivity index (χ3v) is 2.20. The summed E-state index contributed by atoms with van der Waals surface area (Å²) in [5.41, 5.74) is 0.462. The van der Waals surface area contributed by atoms with Crippen LogP contribution in [-0.4, -0.2) is 0 Å². The van der Waals surface area contributed by atoms with E-state index in [1.165, 1.54) is 19.3 Å². The minimum absolute atomic E-state index is 0.462. The van der Waals surface area contributed by atoms with E-state index in [0.717, 1.165) is 0 Å². The van der Waals surface area contributed by atoms with Crippen molar-refractivity contribution in [1.82, 2.24) is 0 Å². The lowest BCUT2D eigenvalue weighted by molar-refractivity contribution is 0.372. The lowest BCUT2D eigenvalue weighted by atomic mass is 9.83. The van der Waals surface area contributed by atoms with Crippen LogP contribution in [0, 0.1) is 5.41 Å². The molecule has 1 unspecified atom stereocenters. The molecule has 0 spiro atoms. The average Bonchev–Trinajstić information content (AvgIpc) is 1.89. The molecule has 0 radical (unpaired) electrons. The Labute approximate surface area is 65.3 Å². The van der Waals surface area contributed by atoms with Crippen molar-refractivity contribution in [1.29, 1.82) is 0 Å². The first-order valence-electron chi connectivity index (χ1n) is 4.32. The van der Waals surface area contributed by atoms with E-state index < -0.39 is 0 Å². The van der Waals surface area contributed by atoms with E-state index in [4.69, 9.17) is 0 Å². The predicted molar refractivity (Wildman–Crippen MR) is 48.1 cm³/mol. The van der Waals surface area contributed by atoms with Crippen LogP contribution >= 0.6 is 0 Å². The van der Waals surface area contributed by atoms with Gasteiger partial charge in [0.05, 0.1) is 0 Å². The second kappa shape index (κ2) is 4.54. The molecule has 0 saturated heterocycles. The van der Waals surface area contributed by atoms with Crippen molar-refractivity contribution in [3.63, 3.8) is 0 Å². The molecule has 0 aromatic carbocycles. The van der Waals surface area contributed by atoms with Crippen LogP contribution in [0.15, 0.2) is 12.2 Å². The maximum absolute atomic E-state index is 2.33. The number of hydrogen-bond donors (Lipinski definition) is 0. The molecule has 0 rings (SSSR count). The molecule has 0 saturated carbocycles. The van der Waals surface area contributed by atoms with Crippen LogP contribution in [-0.2, 0) is 0 Å². The Morgan fingerprint density at radius 1 is 1.30 bits per heavy atom. The van der Waals surface area contributed by atoms with Gasteiger partial charge in [-0.15, -0.1) is 0 Å². The molecule has 0 aromatic heterocycles. The van der Waals surface area contributed by atoms with Crippen molar-refractivity contribution in [2.45, 2.75) is 47.0 Å². The van der Waals surface area contributed by atoms with E-state index in [-0.39, 0.29) is 0 Å². The molecular formula is C10H20. The monoisotopic (exact) mass is 140 g/mol. The molecule has 0 aliphatic rings. The Bertz CT molecular complexity index is 103. The van der Waals surface area contributed by atoms with E-state index in [2.05, 4.69) is 39.8 Å². The topological polar surface area (TPSA) is 0 Å². The molecule has 0 fully saturated rings. The lowest BCUT2D eigenvalue weighted by Gasteiger charge is -2.23. The van der Waals surface area contributed by atoms with Gasteiger partial charge in [-0.25, -0.2) is 0 Å². The van der Waals surface area contributed by atoms with Crippen LogP contribution < -0.4 is 0 Å². The van der Waals surface area contributed by atoms with E-state index in [9.17, 15) is 0 Å². The molecule has 1 atom stereocenters. The fourth-order valence-electron chi connectivity index (χ4n) is 1.35. The van der Waals surface area contributed by atoms with Gasteiger partial charge in [0.1, 0.15) is 0 Å². The molecule has 0 N–H and O–H groups in total. The Kier molecular flexibility index (Phi) is 4.42. The van der Waals surface area contributed by atoms with E-state index in [1.54, 1.807) is 0 Å². The largest absolute Gasteiger partial charge is 0.0911 e. The highest BCUT2D eigenvalue weighted by atomic mass is 14.2. The summed E-state index contributed by atoms with van der Waals surface area (Å²) in [7, 11) is 0. The second-order valence-corrected chi connectivity index (χ2v) is 3.26. The minimum Gasteiger partial charge on any atom is -0.0911 e. The Morgan fingerprint density at radius 3 is 2.20 bits per heavy atom. The van der Waals surface area contributed by atoms with Crippen LogP contribution in [0.1, 0.15) is 47.0 Å². The highest BCUT2D eigenvalue weighted by Crippen LogP contribution is 2.28. The molecule has 0 heterocycles. The van der Waals surface area contributed by atoms with Gasteiger partial charge in [-0.2, -0.15) is 0 Å². The summed E-state index contributed by atoms with van der Waals surface area (Å²) in [5.74, 6) is 0. The molecule has 0 aliphatic carbocycles. The van der Waals surface area contributed by atoms with Gasteiger partial charge in [-0.3, -0.25) is 0 Å². The number of rotatable bonds is 4. The summed E-state index contributed by atoms with van der Waals surface area (Å²) in [4.78, 5) is 0. The first-order chi connectivity index (χ1) is 4.68. The van der Waals surface area contributed by atoms with Crippen LogP contribution in [0.25, 0.3) is 0 Å². The summed E-state index contributed by atoms with van der Waals surface area (Å²) in [6.07, 6.45) is 8.35. The third kappa shape index (κ3) is 3.05. The first-order valence-corrected chi connectivity index (χ1v) is 4.32. The maximum Gasteiger partial charge on any atom is -0.0149 e. The fraction of sp³-hybridized carbons (Fsp3) is 0.800. The summed E-state index contributed by atoms with van der Waals surface area (Å²) in [5, 5.41) is 0. The lowest BCUT2D eigenvalue weighted by Crippen LogP contribution is -2.10. The summed E-state index contributed by atoms with van der Waals surface area (Å²) in [6.45, 7) is 8.94. The van der Waals surface area contributed by atoms with Gasteiger partial charge < -0.3 is 0 Å². The number of allylic oxidation sites excluding steroid dienone is 2. The van der Waals surface area contributed by atoms with Gasteiger partial charge in [0.25, 0.3) is 0 Å². The molecular weight excluding hydrogens is 120 g/mol. The van der Waals surface area contributed by atoms with Gasteiger partial charge in [0, 0.05) is 0 Å². The van der Waals surface area contributed by atoms with E-state index in [1.807, 2.05) is 0 Å². The highest BCUT2D eigenvalue weighted by molar-refractivity contribution is 4.94. The zero-order valence-corrected chi connectivity index (χ0v) is 7.78. The average molecular weight is 140 g/mol. The minimum atomic E-state index is 0.462. The molecule has 10 heavy (non-hydrogen) atoms. The predicted octanol–water partition coefficient (Wildman–Crippen LogP) is 3.78. The highest BCUT2D eigenvalue weighted by Gasteiger charge is 2.15. The quantitative estimate of drug-likeness (QED) is 0.521. The van der Waals surface area contributed by atoms with E-state index in [0.29, 0.717) is 5.41 Å². The zero-order chi connectivity index (χ0) is 8.04. The van der Waals surface area contributed by atoms with Gasteiger partial charge in [-0.05, 0) is 25.2 Å². The molecule has 0 bridgehead atoms. The smallest absolute Gasteiger partial charge is 0.0149 e. The molecule has 0 heteroatoms. The molecule has 0 aliphatic heterocycles. The first kappa shape index (κ1) is 9.74. The van der Waals surface area contributed by atoms with Gasteiger partial charge >= 0.3 is 0 Å². The standard InChI is InChI=1S/C10H20/c1-5-8-10(4,7-3)9-6-2/h5,8H,6-7,9H2,1-4H3/b8-5-. The van der Waals surface area contributed by atoms with Crippen molar-refractivity contribution in [3.05, 3.63) is 12.2 Å². The molecule has 0 aromatic rings. The maximum atomic E-state index is 2.33. The van der Waals surface area contributed by atoms with Gasteiger partial charge in [-0.1, -0.05) is 39.3 Å². The van der Waals surface area contributed by atoms with Crippen LogP contribution in [0.2, 0.25) is 0 Å². The van der Waals surface area contributed by atoms with E-state index >= 15 is 0 Å². The third-order valence-electron chi connectivity index (χ3n) is 2.20. The SMILES string of the molecule is C/C=C\C(C)(CC)CCC. The van der Waals surface area contributed by atoms with Gasteiger partial charge in [0.15, 0.2) is 0 Å². The molecule has 0 amide bonds. The fourth-order valence-corrected chi connectivity index (χ4v) is 1.35. The second-order valence-electron chi connectivity index (χ2n) is 3.26. The Balaban J connectivity index is 3.94.